The minimum atomic E-state index is 0.734. The van der Waals surface area contributed by atoms with Gasteiger partial charge in [-0.3, -0.25) is 5.10 Å². The Labute approximate surface area is 126 Å². The van der Waals surface area contributed by atoms with Crippen LogP contribution in [0.2, 0.25) is 0 Å². The molecule has 0 spiro atoms. The minimum absolute atomic E-state index is 0.734. The van der Waals surface area contributed by atoms with Crippen LogP contribution in [0.5, 0.6) is 0 Å². The number of hydrogen-bond acceptors (Lipinski definition) is 5. The molecule has 0 aliphatic rings. The lowest BCUT2D eigenvalue weighted by atomic mass is 10.1. The van der Waals surface area contributed by atoms with E-state index in [1.165, 1.54) is 0 Å². The van der Waals surface area contributed by atoms with Gasteiger partial charge in [0.25, 0.3) is 0 Å². The van der Waals surface area contributed by atoms with Gasteiger partial charge < -0.3 is 5.32 Å². The summed E-state index contributed by atoms with van der Waals surface area (Å²) in [5.41, 5.74) is 3.63. The van der Waals surface area contributed by atoms with E-state index >= 15 is 0 Å². The first kappa shape index (κ1) is 12.5. The minimum Gasteiger partial charge on any atom is -0.372 e. The van der Waals surface area contributed by atoms with E-state index in [1.807, 2.05) is 48.3 Å². The van der Waals surface area contributed by atoms with Crippen LogP contribution in [0.4, 0.5) is 5.82 Å². The molecule has 108 valence electrons. The van der Waals surface area contributed by atoms with Crippen molar-refractivity contribution in [2.24, 2.45) is 0 Å². The number of aromatic amines is 1. The fourth-order valence-electron chi connectivity index (χ4n) is 2.45. The summed E-state index contributed by atoms with van der Waals surface area (Å²) in [5, 5.41) is 23.8. The molecular formula is C15H13N7. The highest BCUT2D eigenvalue weighted by Gasteiger charge is 2.12. The number of rotatable bonds is 3. The van der Waals surface area contributed by atoms with Crippen LogP contribution in [0.3, 0.4) is 0 Å². The summed E-state index contributed by atoms with van der Waals surface area (Å²) >= 11 is 0. The molecule has 0 fully saturated rings. The van der Waals surface area contributed by atoms with Crippen LogP contribution < -0.4 is 5.32 Å². The molecule has 0 bridgehead atoms. The second-order valence-corrected chi connectivity index (χ2v) is 4.80. The van der Waals surface area contributed by atoms with E-state index < -0.39 is 0 Å². The quantitative estimate of drug-likeness (QED) is 0.605. The van der Waals surface area contributed by atoms with Crippen LogP contribution in [0.25, 0.3) is 27.8 Å². The number of anilines is 1. The molecule has 0 saturated heterocycles. The average molecular weight is 291 g/mol. The normalized spacial score (nSPS) is 11.0. The van der Waals surface area contributed by atoms with Crippen LogP contribution in [-0.4, -0.2) is 37.2 Å². The Morgan fingerprint density at radius 2 is 2.09 bits per heavy atom. The van der Waals surface area contributed by atoms with Gasteiger partial charge in [0.05, 0.1) is 23.1 Å². The molecule has 4 rings (SSSR count). The Kier molecular flexibility index (Phi) is 2.82. The topological polar surface area (TPSA) is 84.3 Å². The molecule has 0 amide bonds. The van der Waals surface area contributed by atoms with E-state index in [-0.39, 0.29) is 0 Å². The number of nitrogens with one attached hydrogen (secondary N) is 2. The predicted octanol–water partition coefficient (Wildman–Crippen LogP) is 2.25. The van der Waals surface area contributed by atoms with E-state index in [2.05, 4.69) is 30.8 Å². The fraction of sp³-hybridized carbons (Fsp3) is 0.0667. The smallest absolute Gasteiger partial charge is 0.148 e. The second-order valence-electron chi connectivity index (χ2n) is 4.80. The highest BCUT2D eigenvalue weighted by atomic mass is 15.3. The van der Waals surface area contributed by atoms with Gasteiger partial charge in [0.15, 0.2) is 0 Å². The van der Waals surface area contributed by atoms with Gasteiger partial charge in [-0.25, -0.2) is 4.68 Å². The van der Waals surface area contributed by atoms with Gasteiger partial charge in [-0.1, -0.05) is 0 Å². The van der Waals surface area contributed by atoms with E-state index in [0.717, 1.165) is 33.7 Å². The Morgan fingerprint density at radius 1 is 1.14 bits per heavy atom. The summed E-state index contributed by atoms with van der Waals surface area (Å²) in [6, 6.07) is 9.73. The van der Waals surface area contributed by atoms with Gasteiger partial charge in [0, 0.05) is 30.4 Å². The van der Waals surface area contributed by atoms with E-state index in [9.17, 15) is 0 Å². The Morgan fingerprint density at radius 3 is 2.82 bits per heavy atom. The van der Waals surface area contributed by atoms with E-state index in [1.54, 1.807) is 12.4 Å². The second kappa shape index (κ2) is 4.96. The third-order valence-electron chi connectivity index (χ3n) is 3.54. The fourth-order valence-corrected chi connectivity index (χ4v) is 2.45. The number of fused-ring (bicyclic) bond motifs is 1. The molecule has 2 N–H and O–H groups in total. The van der Waals surface area contributed by atoms with Crippen molar-refractivity contribution in [3.05, 3.63) is 48.9 Å². The summed E-state index contributed by atoms with van der Waals surface area (Å²) < 4.78 is 1.82. The molecule has 1 aromatic carbocycles. The zero-order chi connectivity index (χ0) is 14.9. The molecule has 0 saturated carbocycles. The van der Waals surface area contributed by atoms with Crippen LogP contribution in [0.15, 0.2) is 48.9 Å². The zero-order valence-corrected chi connectivity index (χ0v) is 11.9. The van der Waals surface area contributed by atoms with Crippen LogP contribution >= 0.6 is 0 Å². The van der Waals surface area contributed by atoms with Crippen molar-refractivity contribution in [1.82, 2.24) is 30.2 Å². The monoisotopic (exact) mass is 291 g/mol. The van der Waals surface area contributed by atoms with Gasteiger partial charge in [0.1, 0.15) is 5.82 Å². The lowest BCUT2D eigenvalue weighted by Crippen LogP contribution is -1.97. The third-order valence-corrected chi connectivity index (χ3v) is 3.54. The largest absolute Gasteiger partial charge is 0.372 e. The van der Waals surface area contributed by atoms with Crippen LogP contribution in [-0.2, 0) is 0 Å². The summed E-state index contributed by atoms with van der Waals surface area (Å²) in [6.07, 6.45) is 5.45. The first-order valence-electron chi connectivity index (χ1n) is 6.85. The van der Waals surface area contributed by atoms with Gasteiger partial charge in [-0.2, -0.15) is 10.2 Å². The maximum Gasteiger partial charge on any atom is 0.148 e. The zero-order valence-electron chi connectivity index (χ0n) is 11.9. The summed E-state index contributed by atoms with van der Waals surface area (Å²) in [7, 11) is 1.82. The van der Waals surface area contributed by atoms with Crippen molar-refractivity contribution in [2.75, 3.05) is 12.4 Å². The van der Waals surface area contributed by atoms with Crippen LogP contribution in [0.1, 0.15) is 0 Å². The van der Waals surface area contributed by atoms with Crippen molar-refractivity contribution in [3.8, 4) is 16.9 Å². The molecule has 3 heterocycles. The van der Waals surface area contributed by atoms with Gasteiger partial charge in [-0.15, -0.1) is 10.2 Å². The molecule has 4 aromatic rings. The molecule has 22 heavy (non-hydrogen) atoms. The van der Waals surface area contributed by atoms with Crippen molar-refractivity contribution >= 4 is 16.7 Å². The highest BCUT2D eigenvalue weighted by molar-refractivity contribution is 5.97. The van der Waals surface area contributed by atoms with Gasteiger partial charge in [-0.05, 0) is 30.3 Å². The van der Waals surface area contributed by atoms with E-state index in [0.29, 0.717) is 0 Å². The first-order valence-corrected chi connectivity index (χ1v) is 6.85. The molecular weight excluding hydrogens is 278 g/mol. The Balaban J connectivity index is 1.89. The molecule has 0 aliphatic carbocycles. The number of H-pyrrole nitrogens is 1. The van der Waals surface area contributed by atoms with Gasteiger partial charge in [0.2, 0.25) is 0 Å². The standard InChI is InChI=1S/C15H13N7/c1-16-14-6-4-12(19-20-14)10-3-5-13(22-8-2-7-18-22)11-9-17-21-15(10)11/h2-9H,1H3,(H,16,20)(H,17,21). The summed E-state index contributed by atoms with van der Waals surface area (Å²) in [4.78, 5) is 0. The first-order chi connectivity index (χ1) is 10.9. The molecule has 7 nitrogen and oxygen atoms in total. The maximum atomic E-state index is 4.28. The molecule has 0 aliphatic heterocycles. The molecule has 0 atom stereocenters. The number of aromatic nitrogens is 6. The van der Waals surface area contributed by atoms with Crippen molar-refractivity contribution in [2.45, 2.75) is 0 Å². The predicted molar refractivity (Wildman–Crippen MR) is 83.8 cm³/mol. The SMILES string of the molecule is CNc1ccc(-c2ccc(-n3cccn3)c3cn[nH]c23)nn1. The molecule has 0 unspecified atom stereocenters. The van der Waals surface area contributed by atoms with Crippen molar-refractivity contribution in [1.29, 1.82) is 0 Å². The highest BCUT2D eigenvalue weighted by Crippen LogP contribution is 2.29. The number of hydrogen-bond donors (Lipinski definition) is 2. The van der Waals surface area contributed by atoms with Crippen molar-refractivity contribution in [3.63, 3.8) is 0 Å². The number of nitrogens with zero attached hydrogens (tertiary/aromatic N) is 5. The van der Waals surface area contributed by atoms with E-state index in [4.69, 9.17) is 0 Å². The van der Waals surface area contributed by atoms with Crippen molar-refractivity contribution < 1.29 is 0 Å². The van der Waals surface area contributed by atoms with Gasteiger partial charge >= 0.3 is 0 Å². The lowest BCUT2D eigenvalue weighted by molar-refractivity contribution is 0.888. The van der Waals surface area contributed by atoms with Crippen LogP contribution in [0, 0.1) is 0 Å². The lowest BCUT2D eigenvalue weighted by Gasteiger charge is -2.07. The molecule has 7 heteroatoms. The Bertz CT molecular complexity index is 907. The molecule has 3 aromatic heterocycles. The summed E-state index contributed by atoms with van der Waals surface area (Å²) in [6.45, 7) is 0. The number of benzene rings is 1. The third kappa shape index (κ3) is 1.91. The molecule has 0 radical (unpaired) electrons. The Hall–Kier alpha value is -3.22. The average Bonchev–Trinajstić information content (AvgIpc) is 3.25. The maximum absolute atomic E-state index is 4.28. The summed E-state index contributed by atoms with van der Waals surface area (Å²) in [5.74, 6) is 0.734.